The Balaban J connectivity index is 0.000000135. The first-order chi connectivity index (χ1) is 39.7. The van der Waals surface area contributed by atoms with Gasteiger partial charge in [-0.2, -0.15) is 20.7 Å². The van der Waals surface area contributed by atoms with Gasteiger partial charge in [0.05, 0.1) is 85.6 Å². The Bertz CT molecular complexity index is 3590. The number of halogens is 1. The highest BCUT2D eigenvalue weighted by Gasteiger charge is 2.53. The number of aliphatic hydroxyl groups excluding tert-OH is 2. The van der Waals surface area contributed by atoms with Crippen molar-refractivity contribution in [2.75, 3.05) is 76.6 Å². The molecule has 8 aromatic rings. The number of fused-ring (bicyclic) bond motifs is 6. The predicted octanol–water partition coefficient (Wildman–Crippen LogP) is 5.01. The monoisotopic (exact) mass is 1210 g/mol. The first-order valence-corrected chi connectivity index (χ1v) is 29.1. The third-order valence-electron chi connectivity index (χ3n) is 15.7. The molecular weight excluding hydrogens is 1160 g/mol. The molecule has 7 aliphatic heterocycles. The van der Waals surface area contributed by atoms with E-state index in [4.69, 9.17) is 38.5 Å². The van der Waals surface area contributed by atoms with Gasteiger partial charge in [0.2, 0.25) is 22.0 Å². The molecule has 2 N–H and O–H groups in total. The van der Waals surface area contributed by atoms with Crippen LogP contribution in [0.2, 0.25) is 0 Å². The lowest BCUT2D eigenvalue weighted by atomic mass is 9.78. The molecular formula is C54H60BBrN16O8S2. The number of ether oxygens (including phenoxy) is 4. The van der Waals surface area contributed by atoms with Crippen LogP contribution in [0.3, 0.4) is 0 Å². The van der Waals surface area contributed by atoms with Gasteiger partial charge in [-0.3, -0.25) is 9.80 Å². The van der Waals surface area contributed by atoms with Crippen molar-refractivity contribution in [1.29, 1.82) is 10.5 Å². The van der Waals surface area contributed by atoms with Crippen LogP contribution < -0.4 is 34.2 Å². The van der Waals surface area contributed by atoms with E-state index in [0.29, 0.717) is 80.1 Å². The van der Waals surface area contributed by atoms with E-state index in [1.807, 2.05) is 58.3 Å². The Labute approximate surface area is 489 Å². The van der Waals surface area contributed by atoms with Crippen molar-refractivity contribution in [3.63, 3.8) is 0 Å². The Morgan fingerprint density at radius 2 is 1.16 bits per heavy atom. The molecule has 0 saturated carbocycles. The topological polar surface area (TPSA) is 268 Å². The van der Waals surface area contributed by atoms with Crippen LogP contribution in [0.5, 0.6) is 23.3 Å². The van der Waals surface area contributed by atoms with Crippen molar-refractivity contribution in [3.05, 3.63) is 99.7 Å². The van der Waals surface area contributed by atoms with Crippen molar-refractivity contribution in [2.45, 2.75) is 89.0 Å². The molecule has 28 heteroatoms. The van der Waals surface area contributed by atoms with Crippen molar-refractivity contribution in [1.82, 2.24) is 59.4 Å². The summed E-state index contributed by atoms with van der Waals surface area (Å²) in [4.78, 5) is 18.4. The molecule has 0 amide bonds. The summed E-state index contributed by atoms with van der Waals surface area (Å²) in [6.07, 6.45) is 12.6. The van der Waals surface area contributed by atoms with E-state index in [9.17, 15) is 10.5 Å². The quantitative estimate of drug-likeness (QED) is 0.120. The SMILES string of the molecule is CC1(C)OB(c2cc(OCCO)cn3ncc(C#N)c23)OC1(C)C.COc1ccc(CN2C3CC2CN(c2nnc(-c4cc(OCCO)cn5ncc(C#N)c45)s2)C3)cn1.COc1ccc(CN2C3CC2CN(c2nnc(Br)s2)C3)cn1. The second-order valence-corrected chi connectivity index (χ2v) is 24.5. The summed E-state index contributed by atoms with van der Waals surface area (Å²) < 4.78 is 37.7. The van der Waals surface area contributed by atoms with Crippen LogP contribution in [0.4, 0.5) is 10.3 Å². The maximum Gasteiger partial charge on any atom is 0.497 e. The molecule has 15 rings (SSSR count). The molecule has 7 fully saturated rings. The van der Waals surface area contributed by atoms with Gasteiger partial charge in [0.1, 0.15) is 36.9 Å². The van der Waals surface area contributed by atoms with Crippen LogP contribution in [-0.4, -0.2) is 179 Å². The van der Waals surface area contributed by atoms with E-state index < -0.39 is 18.3 Å². The second-order valence-electron chi connectivity index (χ2n) is 21.3. The zero-order valence-electron chi connectivity index (χ0n) is 46.0. The molecule has 4 atom stereocenters. The molecule has 0 radical (unpaired) electrons. The molecule has 0 aliphatic carbocycles. The largest absolute Gasteiger partial charge is 0.497 e. The summed E-state index contributed by atoms with van der Waals surface area (Å²) in [5, 5.41) is 65.4. The number of aliphatic hydroxyl groups is 2. The molecule has 82 heavy (non-hydrogen) atoms. The zero-order valence-corrected chi connectivity index (χ0v) is 49.2. The van der Waals surface area contributed by atoms with Gasteiger partial charge >= 0.3 is 7.12 Å². The molecule has 426 valence electrons. The van der Waals surface area contributed by atoms with Gasteiger partial charge in [-0.05, 0) is 79.7 Å². The highest BCUT2D eigenvalue weighted by atomic mass is 79.9. The summed E-state index contributed by atoms with van der Waals surface area (Å²) in [7, 11) is 2.62. The molecule has 24 nitrogen and oxygen atoms in total. The van der Waals surface area contributed by atoms with Crippen LogP contribution in [0.15, 0.2) is 77.5 Å². The van der Waals surface area contributed by atoms with Crippen molar-refractivity contribution >= 4 is 72.5 Å². The summed E-state index contributed by atoms with van der Waals surface area (Å²) in [6, 6.07) is 18.1. The average molecular weight is 1220 g/mol. The number of rotatable bonds is 16. The van der Waals surface area contributed by atoms with Crippen molar-refractivity contribution in [2.24, 2.45) is 0 Å². The van der Waals surface area contributed by atoms with E-state index in [2.05, 4.69) is 100 Å². The smallest absolute Gasteiger partial charge is 0.490 e. The van der Waals surface area contributed by atoms with E-state index in [1.165, 1.54) is 47.7 Å². The number of piperidine rings is 2. The molecule has 0 aromatic carbocycles. The van der Waals surface area contributed by atoms with Crippen molar-refractivity contribution in [3.8, 4) is 46.0 Å². The third-order valence-corrected chi connectivity index (χ3v) is 18.1. The second kappa shape index (κ2) is 24.0. The fourth-order valence-corrected chi connectivity index (χ4v) is 12.8. The lowest BCUT2D eigenvalue weighted by Crippen LogP contribution is -2.68. The standard InChI is InChI=1S/C24H24N8O3S.C16H20BN3O4.C14H16BrN5OS/c1-34-21-3-2-15(9-26-21)11-31-17-6-18(31)13-30(12-17)24-29-28-23(36-24)20-7-19(35-5-4-33)14-32-22(20)16(8-25)10-27-32;1-15(2)16(3,4)24-17(23-15)13-7-12(22-6-5-21)10-20-14(13)11(8-18)9-19-20;1-21-12-3-2-9(5-16-12)6-20-10-4-11(20)8-19(7-10)14-18-17-13(15)22-14/h2-3,7,9-10,14,17-18,33H,4-6,11-13H2,1H3;7,9-10,21H,5-6H2,1-4H3;2-3,5,10-11H,4,6-8H2,1H3. The van der Waals surface area contributed by atoms with Crippen LogP contribution in [0.1, 0.15) is 62.8 Å². The van der Waals surface area contributed by atoms with Crippen LogP contribution in [-0.2, 0) is 22.4 Å². The molecule has 7 saturated heterocycles. The number of nitriles is 2. The minimum atomic E-state index is -0.640. The summed E-state index contributed by atoms with van der Waals surface area (Å²) in [6.45, 7) is 13.7. The van der Waals surface area contributed by atoms with Gasteiger partial charge < -0.3 is 48.3 Å². The fraction of sp³-hybridized carbons (Fsp3) is 0.444. The van der Waals surface area contributed by atoms with Gasteiger partial charge in [-0.15, -0.1) is 20.4 Å². The highest BCUT2D eigenvalue weighted by Crippen LogP contribution is 2.42. The van der Waals surface area contributed by atoms with Crippen LogP contribution in [0, 0.1) is 22.7 Å². The Kier molecular flexibility index (Phi) is 16.6. The summed E-state index contributed by atoms with van der Waals surface area (Å²) in [5.41, 5.74) is 5.03. The minimum Gasteiger partial charge on any atom is -0.490 e. The number of methoxy groups -OCH3 is 2. The average Bonchev–Trinajstić information content (AvgIpc) is 4.52. The number of nitrogens with zero attached hydrogens (tertiary/aromatic N) is 16. The molecule has 7 aliphatic rings. The van der Waals surface area contributed by atoms with Crippen molar-refractivity contribution < 1.29 is 38.5 Å². The van der Waals surface area contributed by atoms with E-state index in [1.54, 1.807) is 53.0 Å². The third kappa shape index (κ3) is 11.6. The van der Waals surface area contributed by atoms with Gasteiger partial charge in [0.15, 0.2) is 8.92 Å². The Morgan fingerprint density at radius 1 is 0.671 bits per heavy atom. The van der Waals surface area contributed by atoms with E-state index in [-0.39, 0.29) is 26.4 Å². The lowest BCUT2D eigenvalue weighted by Gasteiger charge is -2.56. The lowest BCUT2D eigenvalue weighted by molar-refractivity contribution is -0.00858. The molecule has 4 bridgehead atoms. The fourth-order valence-electron chi connectivity index (χ4n) is 10.8. The minimum absolute atomic E-state index is 0.0909. The number of hydrogen-bond acceptors (Lipinski definition) is 24. The normalized spacial score (nSPS) is 20.4. The molecule has 15 heterocycles. The highest BCUT2D eigenvalue weighted by molar-refractivity contribution is 9.11. The van der Waals surface area contributed by atoms with E-state index in [0.717, 1.165) is 59.0 Å². The van der Waals surface area contributed by atoms with Gasteiger partial charge in [-0.25, -0.2) is 19.0 Å². The zero-order chi connectivity index (χ0) is 57.3. The van der Waals surface area contributed by atoms with Gasteiger partial charge in [0.25, 0.3) is 0 Å². The maximum absolute atomic E-state index is 9.58. The Morgan fingerprint density at radius 3 is 1.62 bits per heavy atom. The summed E-state index contributed by atoms with van der Waals surface area (Å²) >= 11 is 6.49. The summed E-state index contributed by atoms with van der Waals surface area (Å²) in [5.74, 6) is 2.36. The predicted molar refractivity (Wildman–Crippen MR) is 309 cm³/mol. The number of pyridine rings is 4. The van der Waals surface area contributed by atoms with E-state index >= 15 is 0 Å². The van der Waals surface area contributed by atoms with Crippen LogP contribution >= 0.6 is 38.6 Å². The molecule has 4 unspecified atom stereocenters. The van der Waals surface area contributed by atoms with Crippen LogP contribution in [0.25, 0.3) is 21.6 Å². The number of aromatic nitrogens is 10. The number of anilines is 2. The Hall–Kier alpha value is -7.12. The first kappa shape index (κ1) is 56.7. The molecule has 8 aromatic heterocycles. The number of piperazine rings is 2. The first-order valence-electron chi connectivity index (χ1n) is 26.7. The van der Waals surface area contributed by atoms with Gasteiger partial charge in [-0.1, -0.05) is 34.8 Å². The maximum atomic E-state index is 9.58. The van der Waals surface area contributed by atoms with Gasteiger partial charge in [0, 0.05) is 99.0 Å². The number of hydrogen-bond donors (Lipinski definition) is 2. The molecule has 0 spiro atoms.